The van der Waals surface area contributed by atoms with Crippen LogP contribution in [0.1, 0.15) is 32.8 Å². The lowest BCUT2D eigenvalue weighted by molar-refractivity contribution is 0.258. The number of anilines is 1. The van der Waals surface area contributed by atoms with Crippen molar-refractivity contribution in [2.24, 2.45) is 0 Å². The van der Waals surface area contributed by atoms with E-state index in [1.807, 2.05) is 26.2 Å². The summed E-state index contributed by atoms with van der Waals surface area (Å²) < 4.78 is 0. The van der Waals surface area contributed by atoms with Gasteiger partial charge in [0.1, 0.15) is 0 Å². The van der Waals surface area contributed by atoms with Gasteiger partial charge >= 0.3 is 0 Å². The predicted octanol–water partition coefficient (Wildman–Crippen LogP) is 2.95. The number of hydrogen-bond acceptors (Lipinski definition) is 3. The van der Waals surface area contributed by atoms with Crippen LogP contribution in [-0.4, -0.2) is 42.6 Å². The van der Waals surface area contributed by atoms with Crippen LogP contribution in [0.4, 0.5) is 5.69 Å². The number of aryl methyl sites for hydroxylation is 1. The summed E-state index contributed by atoms with van der Waals surface area (Å²) in [6, 6.07) is 2.22. The minimum atomic E-state index is 1.13. The number of pyridine rings is 1. The van der Waals surface area contributed by atoms with Crippen molar-refractivity contribution >= 4 is 5.69 Å². The van der Waals surface area contributed by atoms with Crippen molar-refractivity contribution in [3.8, 4) is 0 Å². The van der Waals surface area contributed by atoms with Crippen molar-refractivity contribution < 1.29 is 0 Å². The molecule has 0 amide bonds. The molecule has 18 heavy (non-hydrogen) atoms. The molecule has 3 heteroatoms. The maximum Gasteiger partial charge on any atom is 0.0556 e. The van der Waals surface area contributed by atoms with Crippen LogP contribution >= 0.6 is 0 Å². The second-order valence-corrected chi connectivity index (χ2v) is 4.55. The molecule has 2 rings (SSSR count). The molecule has 3 nitrogen and oxygen atoms in total. The minimum Gasteiger partial charge on any atom is -0.368 e. The summed E-state index contributed by atoms with van der Waals surface area (Å²) in [5.41, 5.74) is 2.52. The second kappa shape index (κ2) is 8.09. The van der Waals surface area contributed by atoms with E-state index in [1.54, 1.807) is 0 Å². The molecule has 0 atom stereocenters. The van der Waals surface area contributed by atoms with Gasteiger partial charge in [0.25, 0.3) is 0 Å². The first-order valence-electron chi connectivity index (χ1n) is 7.18. The van der Waals surface area contributed by atoms with Crippen LogP contribution in [0.3, 0.4) is 0 Å². The molecule has 2 heterocycles. The predicted molar refractivity (Wildman–Crippen MR) is 79.3 cm³/mol. The Morgan fingerprint density at radius 1 is 1.11 bits per heavy atom. The molecule has 102 valence electrons. The molecule has 0 N–H and O–H groups in total. The topological polar surface area (TPSA) is 19.4 Å². The Morgan fingerprint density at radius 2 is 1.78 bits per heavy atom. The highest BCUT2D eigenvalue weighted by Crippen LogP contribution is 2.16. The molecule has 0 spiro atoms. The number of aromatic nitrogens is 1. The second-order valence-electron chi connectivity index (χ2n) is 4.55. The van der Waals surface area contributed by atoms with E-state index in [2.05, 4.69) is 34.7 Å². The summed E-state index contributed by atoms with van der Waals surface area (Å²) in [4.78, 5) is 9.24. The van der Waals surface area contributed by atoms with E-state index in [4.69, 9.17) is 0 Å². The molecule has 1 saturated heterocycles. The van der Waals surface area contributed by atoms with Crippen molar-refractivity contribution in [1.82, 2.24) is 9.88 Å². The van der Waals surface area contributed by atoms with Gasteiger partial charge in [-0.05, 0) is 31.5 Å². The third-order valence-corrected chi connectivity index (χ3v) is 3.14. The summed E-state index contributed by atoms with van der Waals surface area (Å²) in [6.45, 7) is 14.2. The van der Waals surface area contributed by atoms with E-state index >= 15 is 0 Å². The average Bonchev–Trinajstić information content (AvgIpc) is 2.42. The number of rotatable bonds is 3. The monoisotopic (exact) mass is 249 g/mol. The molecule has 1 fully saturated rings. The van der Waals surface area contributed by atoms with Crippen molar-refractivity contribution in [1.29, 1.82) is 0 Å². The minimum absolute atomic E-state index is 1.13. The van der Waals surface area contributed by atoms with Crippen molar-refractivity contribution in [3.63, 3.8) is 0 Å². The molecule has 1 aliphatic rings. The van der Waals surface area contributed by atoms with Crippen LogP contribution in [0, 0.1) is 6.92 Å². The van der Waals surface area contributed by atoms with E-state index in [1.165, 1.54) is 37.3 Å². The summed E-state index contributed by atoms with van der Waals surface area (Å²) in [5, 5.41) is 0. The quantitative estimate of drug-likeness (QED) is 0.821. The fourth-order valence-corrected chi connectivity index (χ4v) is 2.26. The smallest absolute Gasteiger partial charge is 0.0556 e. The van der Waals surface area contributed by atoms with Crippen LogP contribution in [0.2, 0.25) is 0 Å². The van der Waals surface area contributed by atoms with Gasteiger partial charge in [-0.25, -0.2) is 0 Å². The van der Waals surface area contributed by atoms with Crippen LogP contribution in [0.15, 0.2) is 18.5 Å². The van der Waals surface area contributed by atoms with E-state index < -0.39 is 0 Å². The van der Waals surface area contributed by atoms with Gasteiger partial charge < -0.3 is 4.90 Å². The maximum absolute atomic E-state index is 4.26. The van der Waals surface area contributed by atoms with E-state index in [0.717, 1.165) is 13.1 Å². The van der Waals surface area contributed by atoms with Gasteiger partial charge in [0.15, 0.2) is 0 Å². The maximum atomic E-state index is 4.26. The van der Waals surface area contributed by atoms with Gasteiger partial charge in [-0.15, -0.1) is 0 Å². The van der Waals surface area contributed by atoms with Gasteiger partial charge in [0.2, 0.25) is 0 Å². The van der Waals surface area contributed by atoms with Crippen LogP contribution in [0.25, 0.3) is 0 Å². The Kier molecular flexibility index (Phi) is 6.73. The molecule has 0 aromatic carbocycles. The van der Waals surface area contributed by atoms with Gasteiger partial charge in [0.05, 0.1) is 11.9 Å². The van der Waals surface area contributed by atoms with Crippen LogP contribution in [0.5, 0.6) is 0 Å². The highest BCUT2D eigenvalue weighted by molar-refractivity contribution is 5.46. The molecule has 1 aliphatic heterocycles. The Labute approximate surface area is 112 Å². The van der Waals surface area contributed by atoms with Crippen molar-refractivity contribution in [2.75, 3.05) is 37.6 Å². The molecule has 0 aliphatic carbocycles. The Hall–Kier alpha value is -1.09. The zero-order valence-corrected chi connectivity index (χ0v) is 12.3. The van der Waals surface area contributed by atoms with E-state index in [0.29, 0.717) is 0 Å². The fourth-order valence-electron chi connectivity index (χ4n) is 2.26. The zero-order chi connectivity index (χ0) is 13.4. The Bertz CT molecular complexity index is 330. The normalized spacial score (nSPS) is 16.1. The summed E-state index contributed by atoms with van der Waals surface area (Å²) in [5.74, 6) is 0. The van der Waals surface area contributed by atoms with Crippen LogP contribution < -0.4 is 4.90 Å². The number of hydrogen-bond donors (Lipinski definition) is 0. The standard InChI is InChI=1S/C13H21N3.C2H6/c1-3-4-15-5-7-16(8-6-15)13-9-12(2)10-14-11-13;1-2/h9-11H,3-8H2,1-2H3;1-2H3. The van der Waals surface area contributed by atoms with Crippen LogP contribution in [-0.2, 0) is 0 Å². The Balaban J connectivity index is 0.000000771. The SMILES string of the molecule is CC.CCCN1CCN(c2cncc(C)c2)CC1. The first kappa shape index (κ1) is 15.0. The average molecular weight is 249 g/mol. The highest BCUT2D eigenvalue weighted by Gasteiger charge is 2.16. The van der Waals surface area contributed by atoms with Gasteiger partial charge in [0, 0.05) is 32.4 Å². The number of nitrogens with zero attached hydrogens (tertiary/aromatic N) is 3. The first-order valence-corrected chi connectivity index (χ1v) is 7.18. The van der Waals surface area contributed by atoms with Crippen molar-refractivity contribution in [3.05, 3.63) is 24.0 Å². The molecule has 0 saturated carbocycles. The summed E-state index contributed by atoms with van der Waals surface area (Å²) in [7, 11) is 0. The van der Waals surface area contributed by atoms with Gasteiger partial charge in [-0.3, -0.25) is 9.88 Å². The molecule has 0 radical (unpaired) electrons. The molecule has 1 aromatic rings. The molecule has 0 bridgehead atoms. The molecule has 1 aromatic heterocycles. The summed E-state index contributed by atoms with van der Waals surface area (Å²) >= 11 is 0. The third-order valence-electron chi connectivity index (χ3n) is 3.14. The lowest BCUT2D eigenvalue weighted by Crippen LogP contribution is -2.46. The van der Waals surface area contributed by atoms with E-state index in [-0.39, 0.29) is 0 Å². The molecular formula is C15H27N3. The zero-order valence-electron chi connectivity index (χ0n) is 12.3. The van der Waals surface area contributed by atoms with Crippen molar-refractivity contribution in [2.45, 2.75) is 34.1 Å². The summed E-state index contributed by atoms with van der Waals surface area (Å²) in [6.07, 6.45) is 5.14. The van der Waals surface area contributed by atoms with E-state index in [9.17, 15) is 0 Å². The lowest BCUT2D eigenvalue weighted by Gasteiger charge is -2.35. The van der Waals surface area contributed by atoms with Gasteiger partial charge in [-0.1, -0.05) is 20.8 Å². The third kappa shape index (κ3) is 4.30. The molecular weight excluding hydrogens is 222 g/mol. The lowest BCUT2D eigenvalue weighted by atomic mass is 10.2. The molecule has 0 unspecified atom stereocenters. The fraction of sp³-hybridized carbons (Fsp3) is 0.667. The van der Waals surface area contributed by atoms with Gasteiger partial charge in [-0.2, -0.15) is 0 Å². The highest BCUT2D eigenvalue weighted by atomic mass is 15.3. The largest absolute Gasteiger partial charge is 0.368 e. The number of piperazine rings is 1. The first-order chi connectivity index (χ1) is 8.79. The Morgan fingerprint density at radius 3 is 2.33 bits per heavy atom.